The number of nitrogen functional groups attached to an aromatic ring is 1. The normalized spacial score (nSPS) is 11.4. The molecule has 198 valence electrons. The van der Waals surface area contributed by atoms with E-state index in [4.69, 9.17) is 26.1 Å². The number of nitrogens with one attached hydrogen (secondary N) is 2. The lowest BCUT2D eigenvalue weighted by Gasteiger charge is -2.20. The molecule has 1 unspecified atom stereocenters. The van der Waals surface area contributed by atoms with Crippen molar-refractivity contribution in [2.24, 2.45) is 5.73 Å². The summed E-state index contributed by atoms with van der Waals surface area (Å²) in [6, 6.07) is 10.5. The van der Waals surface area contributed by atoms with Gasteiger partial charge in [0.25, 0.3) is 5.91 Å². The van der Waals surface area contributed by atoms with Gasteiger partial charge in [-0.1, -0.05) is 24.3 Å². The number of benzene rings is 2. The first-order valence-electron chi connectivity index (χ1n) is 11.6. The van der Waals surface area contributed by atoms with Gasteiger partial charge in [0.15, 0.2) is 0 Å². The maximum atomic E-state index is 13.0. The molecule has 1 heterocycles. The minimum absolute atomic E-state index is 0.0472. The summed E-state index contributed by atoms with van der Waals surface area (Å²) in [6.07, 6.45) is 4.45. The van der Waals surface area contributed by atoms with Gasteiger partial charge in [-0.3, -0.25) is 19.8 Å². The van der Waals surface area contributed by atoms with Crippen LogP contribution in [0.2, 0.25) is 0 Å². The van der Waals surface area contributed by atoms with Crippen LogP contribution in [0.25, 0.3) is 0 Å². The SMILES string of the molecule is N=C(N)c1ccc(CC(=O)C(=O)O)c(OCC(CCC(=O)O)NC(=O)c2cccc(Cn3ccnc3)c2)c1. The second-order valence-electron chi connectivity index (χ2n) is 8.49. The monoisotopic (exact) mass is 521 g/mol. The number of Topliss-reactive ketones (excluding diaryl/α,β-unsaturated/α-hetero) is 1. The first kappa shape index (κ1) is 27.6. The number of nitrogens with zero attached hydrogens (tertiary/aromatic N) is 2. The fourth-order valence-corrected chi connectivity index (χ4v) is 3.61. The summed E-state index contributed by atoms with van der Waals surface area (Å²) in [4.78, 5) is 51.0. The van der Waals surface area contributed by atoms with Gasteiger partial charge >= 0.3 is 11.9 Å². The minimum atomic E-state index is -1.60. The van der Waals surface area contributed by atoms with Gasteiger partial charge in [-0.25, -0.2) is 9.78 Å². The summed E-state index contributed by atoms with van der Waals surface area (Å²) in [6.45, 7) is 0.334. The molecule has 0 spiro atoms. The Kier molecular flexibility index (Phi) is 9.30. The molecular weight excluding hydrogens is 494 g/mol. The molecular formula is C26H27N5O7. The Hall–Kier alpha value is -5.00. The van der Waals surface area contributed by atoms with Crippen molar-refractivity contribution in [2.45, 2.75) is 31.8 Å². The van der Waals surface area contributed by atoms with Gasteiger partial charge in [0.1, 0.15) is 18.2 Å². The summed E-state index contributed by atoms with van der Waals surface area (Å²) in [5.41, 5.74) is 7.31. The van der Waals surface area contributed by atoms with E-state index in [1.165, 1.54) is 18.2 Å². The van der Waals surface area contributed by atoms with E-state index in [9.17, 15) is 19.2 Å². The number of hydrogen-bond acceptors (Lipinski definition) is 7. The van der Waals surface area contributed by atoms with Crippen LogP contribution in [0, 0.1) is 5.41 Å². The number of carbonyl (C=O) groups is 4. The van der Waals surface area contributed by atoms with Crippen molar-refractivity contribution in [2.75, 3.05) is 6.61 Å². The van der Waals surface area contributed by atoms with Crippen molar-refractivity contribution >= 4 is 29.5 Å². The molecule has 0 aliphatic carbocycles. The molecule has 0 fully saturated rings. The highest BCUT2D eigenvalue weighted by Crippen LogP contribution is 2.22. The van der Waals surface area contributed by atoms with Gasteiger partial charge in [0.2, 0.25) is 5.78 Å². The molecule has 0 aliphatic rings. The van der Waals surface area contributed by atoms with E-state index < -0.39 is 36.1 Å². The van der Waals surface area contributed by atoms with Crippen LogP contribution in [0.5, 0.6) is 5.75 Å². The molecule has 6 N–H and O–H groups in total. The summed E-state index contributed by atoms with van der Waals surface area (Å²) in [7, 11) is 0. The number of hydrogen-bond donors (Lipinski definition) is 5. The van der Waals surface area contributed by atoms with Crippen LogP contribution in [0.15, 0.2) is 61.2 Å². The molecule has 0 saturated carbocycles. The van der Waals surface area contributed by atoms with Crippen molar-refractivity contribution in [3.63, 3.8) is 0 Å². The number of aliphatic carboxylic acids is 2. The van der Waals surface area contributed by atoms with E-state index in [0.29, 0.717) is 12.1 Å². The van der Waals surface area contributed by atoms with Crippen molar-refractivity contribution in [3.8, 4) is 5.75 Å². The lowest BCUT2D eigenvalue weighted by molar-refractivity contribution is -0.148. The third kappa shape index (κ3) is 8.01. The van der Waals surface area contributed by atoms with Crippen LogP contribution in [0.1, 0.15) is 39.9 Å². The predicted molar refractivity (Wildman–Crippen MR) is 135 cm³/mol. The van der Waals surface area contributed by atoms with Gasteiger partial charge in [0, 0.05) is 48.5 Å². The number of ether oxygens (including phenoxy) is 1. The zero-order valence-electron chi connectivity index (χ0n) is 20.3. The summed E-state index contributed by atoms with van der Waals surface area (Å²) < 4.78 is 7.67. The molecule has 3 rings (SSSR count). The second kappa shape index (κ2) is 12.8. The molecule has 12 nitrogen and oxygen atoms in total. The van der Waals surface area contributed by atoms with Crippen LogP contribution < -0.4 is 15.8 Å². The van der Waals surface area contributed by atoms with E-state index in [0.717, 1.165) is 5.56 Å². The number of aromatic nitrogens is 2. The van der Waals surface area contributed by atoms with E-state index in [1.807, 2.05) is 10.6 Å². The Labute approximate surface area is 217 Å². The smallest absolute Gasteiger partial charge is 0.372 e. The minimum Gasteiger partial charge on any atom is -0.491 e. The number of carboxylic acid groups (broad SMARTS) is 2. The van der Waals surface area contributed by atoms with Crippen LogP contribution in [-0.2, 0) is 27.3 Å². The predicted octanol–water partition coefficient (Wildman–Crippen LogP) is 1.45. The topological polar surface area (TPSA) is 198 Å². The van der Waals surface area contributed by atoms with Gasteiger partial charge < -0.3 is 30.6 Å². The Morgan fingerprint density at radius 3 is 2.55 bits per heavy atom. The molecule has 1 aromatic heterocycles. The van der Waals surface area contributed by atoms with E-state index in [1.54, 1.807) is 36.9 Å². The molecule has 0 aliphatic heterocycles. The number of amidine groups is 1. The number of rotatable bonds is 14. The number of imidazole rings is 1. The zero-order chi connectivity index (χ0) is 27.7. The Morgan fingerprint density at radius 2 is 1.89 bits per heavy atom. The maximum absolute atomic E-state index is 13.0. The van der Waals surface area contributed by atoms with E-state index in [2.05, 4.69) is 10.3 Å². The fourth-order valence-electron chi connectivity index (χ4n) is 3.61. The molecule has 0 bridgehead atoms. The first-order valence-corrected chi connectivity index (χ1v) is 11.6. The van der Waals surface area contributed by atoms with Gasteiger partial charge in [-0.15, -0.1) is 0 Å². The molecule has 12 heteroatoms. The quantitative estimate of drug-likeness (QED) is 0.118. The standard InChI is InChI=1S/C26H27N5O7/c27-24(28)18-5-4-17(11-21(32)26(36)37)22(12-18)38-14-20(6-7-23(33)34)30-25(35)19-3-1-2-16(10-19)13-31-9-8-29-15-31/h1-5,8-10,12,15,20H,6-7,11,13-14H2,(H3,27,28)(H,30,35)(H,33,34)(H,36,37). The third-order valence-corrected chi connectivity index (χ3v) is 5.56. The largest absolute Gasteiger partial charge is 0.491 e. The second-order valence-corrected chi connectivity index (χ2v) is 8.49. The molecule has 2 aromatic carbocycles. The zero-order valence-corrected chi connectivity index (χ0v) is 20.3. The highest BCUT2D eigenvalue weighted by Gasteiger charge is 2.20. The number of carboxylic acids is 2. The van der Waals surface area contributed by atoms with Crippen LogP contribution in [-0.4, -0.2) is 61.9 Å². The van der Waals surface area contributed by atoms with Crippen molar-refractivity contribution < 1.29 is 34.1 Å². The Bertz CT molecular complexity index is 1340. The average Bonchev–Trinajstić information content (AvgIpc) is 3.39. The van der Waals surface area contributed by atoms with Crippen molar-refractivity contribution in [1.29, 1.82) is 5.41 Å². The van der Waals surface area contributed by atoms with Crippen LogP contribution >= 0.6 is 0 Å². The van der Waals surface area contributed by atoms with Gasteiger partial charge in [-0.05, 0) is 30.2 Å². The van der Waals surface area contributed by atoms with Crippen molar-refractivity contribution in [3.05, 3.63) is 83.4 Å². The molecule has 1 amide bonds. The van der Waals surface area contributed by atoms with Crippen LogP contribution in [0.3, 0.4) is 0 Å². The number of amides is 1. The lowest BCUT2D eigenvalue weighted by Crippen LogP contribution is -2.39. The highest BCUT2D eigenvalue weighted by atomic mass is 16.5. The van der Waals surface area contributed by atoms with E-state index in [-0.39, 0.29) is 42.2 Å². The molecule has 1 atom stereocenters. The number of ketones is 1. The summed E-state index contributed by atoms with van der Waals surface area (Å²) in [5.74, 6) is -4.32. The van der Waals surface area contributed by atoms with Gasteiger partial charge in [-0.2, -0.15) is 0 Å². The molecule has 38 heavy (non-hydrogen) atoms. The van der Waals surface area contributed by atoms with Crippen LogP contribution in [0.4, 0.5) is 0 Å². The lowest BCUT2D eigenvalue weighted by atomic mass is 10.0. The van der Waals surface area contributed by atoms with E-state index >= 15 is 0 Å². The highest BCUT2D eigenvalue weighted by molar-refractivity contribution is 6.33. The first-order chi connectivity index (χ1) is 18.1. The fraction of sp³-hybridized carbons (Fsp3) is 0.231. The Balaban J connectivity index is 1.76. The van der Waals surface area contributed by atoms with Crippen molar-refractivity contribution in [1.82, 2.24) is 14.9 Å². The maximum Gasteiger partial charge on any atom is 0.372 e. The third-order valence-electron chi connectivity index (χ3n) is 5.56. The molecule has 0 radical (unpaired) electrons. The molecule has 3 aromatic rings. The number of nitrogens with two attached hydrogens (primary N) is 1. The van der Waals surface area contributed by atoms with Gasteiger partial charge in [0.05, 0.1) is 12.4 Å². The molecule has 0 saturated heterocycles. The summed E-state index contributed by atoms with van der Waals surface area (Å²) >= 11 is 0. The average molecular weight is 522 g/mol. The number of carbonyl (C=O) groups excluding carboxylic acids is 2. The Morgan fingerprint density at radius 1 is 1.11 bits per heavy atom. The summed E-state index contributed by atoms with van der Waals surface area (Å²) in [5, 5.41) is 28.6.